The molecule has 0 aliphatic rings. The summed E-state index contributed by atoms with van der Waals surface area (Å²) >= 11 is 1.05. The second kappa shape index (κ2) is 5.02. The number of hydrogen-bond donors (Lipinski definition) is 2. The Morgan fingerprint density at radius 2 is 2.12 bits per heavy atom. The number of aliphatic carboxylic acids is 1. The molecule has 1 amide bonds. The third-order valence-electron chi connectivity index (χ3n) is 2.56. The number of carbonyl (C=O) groups excluding carboxylic acids is 1. The number of amides is 1. The van der Waals surface area contributed by atoms with Gasteiger partial charge in [0.15, 0.2) is 5.69 Å². The van der Waals surface area contributed by atoms with E-state index in [-0.39, 0.29) is 5.69 Å². The first-order chi connectivity index (χ1) is 7.55. The molecule has 0 saturated carbocycles. The van der Waals surface area contributed by atoms with Gasteiger partial charge in [0.1, 0.15) is 5.54 Å². The van der Waals surface area contributed by atoms with Gasteiger partial charge in [-0.05, 0) is 24.4 Å². The van der Waals surface area contributed by atoms with Crippen LogP contribution < -0.4 is 5.32 Å². The van der Waals surface area contributed by atoms with Crippen LogP contribution in [0.5, 0.6) is 0 Å². The fourth-order valence-corrected chi connectivity index (χ4v) is 1.76. The van der Waals surface area contributed by atoms with Gasteiger partial charge in [-0.1, -0.05) is 18.3 Å². The lowest BCUT2D eigenvalue weighted by molar-refractivity contribution is -0.144. The average molecular weight is 243 g/mol. The number of carboxylic acid groups (broad SMARTS) is 1. The normalized spacial score (nSPS) is 11.1. The number of carbonyl (C=O) groups is 2. The molecule has 2 N–H and O–H groups in total. The van der Waals surface area contributed by atoms with E-state index in [1.165, 1.54) is 5.38 Å². The van der Waals surface area contributed by atoms with Crippen LogP contribution >= 0.6 is 11.5 Å². The molecule has 0 spiro atoms. The monoisotopic (exact) mass is 243 g/mol. The molecule has 1 heterocycles. The molecule has 16 heavy (non-hydrogen) atoms. The van der Waals surface area contributed by atoms with Crippen molar-refractivity contribution in [1.29, 1.82) is 0 Å². The molecular weight excluding hydrogens is 230 g/mol. The van der Waals surface area contributed by atoms with Crippen LogP contribution in [0.2, 0.25) is 0 Å². The molecule has 0 bridgehead atoms. The fraction of sp³-hybridized carbons (Fsp3) is 0.556. The molecule has 1 aromatic heterocycles. The van der Waals surface area contributed by atoms with Gasteiger partial charge in [-0.25, -0.2) is 4.79 Å². The Morgan fingerprint density at radius 3 is 2.50 bits per heavy atom. The van der Waals surface area contributed by atoms with Crippen molar-refractivity contribution in [2.24, 2.45) is 0 Å². The quantitative estimate of drug-likeness (QED) is 0.802. The van der Waals surface area contributed by atoms with Crippen molar-refractivity contribution in [2.75, 3.05) is 0 Å². The lowest BCUT2D eigenvalue weighted by atomic mass is 9.93. The van der Waals surface area contributed by atoms with E-state index >= 15 is 0 Å². The summed E-state index contributed by atoms with van der Waals surface area (Å²) in [5.41, 5.74) is -1.07. The maximum absolute atomic E-state index is 11.7. The molecule has 6 nitrogen and oxygen atoms in total. The molecule has 0 fully saturated rings. The van der Waals surface area contributed by atoms with Gasteiger partial charge in [0.25, 0.3) is 5.91 Å². The van der Waals surface area contributed by atoms with Crippen molar-refractivity contribution in [3.63, 3.8) is 0 Å². The molecule has 0 atom stereocenters. The number of hydrogen-bond acceptors (Lipinski definition) is 5. The van der Waals surface area contributed by atoms with E-state index in [1.54, 1.807) is 13.8 Å². The van der Waals surface area contributed by atoms with E-state index in [0.29, 0.717) is 12.8 Å². The predicted molar refractivity (Wildman–Crippen MR) is 58.3 cm³/mol. The largest absolute Gasteiger partial charge is 0.480 e. The molecule has 0 aromatic carbocycles. The summed E-state index contributed by atoms with van der Waals surface area (Å²) in [6.07, 6.45) is 0.643. The van der Waals surface area contributed by atoms with Crippen LogP contribution in [0, 0.1) is 0 Å². The maximum Gasteiger partial charge on any atom is 0.329 e. The lowest BCUT2D eigenvalue weighted by Crippen LogP contribution is -2.53. The van der Waals surface area contributed by atoms with Gasteiger partial charge in [-0.2, -0.15) is 0 Å². The van der Waals surface area contributed by atoms with Crippen LogP contribution in [-0.2, 0) is 4.79 Å². The summed E-state index contributed by atoms with van der Waals surface area (Å²) in [7, 11) is 0. The minimum atomic E-state index is -1.22. The number of aromatic nitrogens is 2. The Labute approximate surface area is 96.8 Å². The lowest BCUT2D eigenvalue weighted by Gasteiger charge is -2.27. The molecule has 88 valence electrons. The molecule has 1 aromatic rings. The highest BCUT2D eigenvalue weighted by Gasteiger charge is 2.36. The number of nitrogens with zero attached hydrogens (tertiary/aromatic N) is 2. The van der Waals surface area contributed by atoms with Crippen molar-refractivity contribution in [2.45, 2.75) is 32.2 Å². The van der Waals surface area contributed by atoms with Gasteiger partial charge in [-0.15, -0.1) is 5.10 Å². The van der Waals surface area contributed by atoms with Gasteiger partial charge >= 0.3 is 5.97 Å². The summed E-state index contributed by atoms with van der Waals surface area (Å²) in [5.74, 6) is -1.53. The zero-order valence-electron chi connectivity index (χ0n) is 9.06. The molecular formula is C9H13N3O3S. The summed E-state index contributed by atoms with van der Waals surface area (Å²) in [6, 6.07) is 0. The smallest absolute Gasteiger partial charge is 0.329 e. The second-order valence-electron chi connectivity index (χ2n) is 3.34. The van der Waals surface area contributed by atoms with E-state index in [9.17, 15) is 9.59 Å². The van der Waals surface area contributed by atoms with Crippen LogP contribution in [0.4, 0.5) is 0 Å². The molecule has 0 radical (unpaired) electrons. The highest BCUT2D eigenvalue weighted by Crippen LogP contribution is 2.16. The molecule has 0 unspecified atom stereocenters. The van der Waals surface area contributed by atoms with Crippen molar-refractivity contribution >= 4 is 23.4 Å². The van der Waals surface area contributed by atoms with E-state index in [2.05, 4.69) is 14.9 Å². The number of nitrogens with one attached hydrogen (secondary N) is 1. The van der Waals surface area contributed by atoms with E-state index < -0.39 is 17.4 Å². The van der Waals surface area contributed by atoms with Gasteiger partial charge in [0, 0.05) is 5.38 Å². The summed E-state index contributed by atoms with van der Waals surface area (Å²) < 4.78 is 3.55. The Balaban J connectivity index is 2.84. The summed E-state index contributed by atoms with van der Waals surface area (Å²) in [6.45, 7) is 3.44. The Hall–Kier alpha value is -1.50. The zero-order valence-corrected chi connectivity index (χ0v) is 9.87. The Kier molecular flexibility index (Phi) is 3.94. The third-order valence-corrected chi connectivity index (χ3v) is 3.07. The molecule has 0 aliphatic heterocycles. The Bertz CT molecular complexity index is 373. The first kappa shape index (κ1) is 12.6. The highest BCUT2D eigenvalue weighted by molar-refractivity contribution is 7.03. The summed E-state index contributed by atoms with van der Waals surface area (Å²) in [5, 5.41) is 16.7. The van der Waals surface area contributed by atoms with Crippen molar-refractivity contribution in [3.8, 4) is 0 Å². The Morgan fingerprint density at radius 1 is 1.50 bits per heavy atom. The molecule has 1 rings (SSSR count). The van der Waals surface area contributed by atoms with Crippen LogP contribution in [0.15, 0.2) is 5.38 Å². The molecule has 0 aliphatic carbocycles. The van der Waals surface area contributed by atoms with Gasteiger partial charge < -0.3 is 10.4 Å². The van der Waals surface area contributed by atoms with Crippen LogP contribution in [-0.4, -0.2) is 32.1 Å². The first-order valence-electron chi connectivity index (χ1n) is 4.88. The number of rotatable bonds is 5. The van der Waals surface area contributed by atoms with Crippen molar-refractivity contribution in [3.05, 3.63) is 11.1 Å². The molecule has 0 saturated heterocycles. The van der Waals surface area contributed by atoms with Crippen molar-refractivity contribution < 1.29 is 14.7 Å². The minimum Gasteiger partial charge on any atom is -0.480 e. The van der Waals surface area contributed by atoms with Crippen LogP contribution in [0.1, 0.15) is 37.2 Å². The van der Waals surface area contributed by atoms with Gasteiger partial charge in [0.2, 0.25) is 0 Å². The first-order valence-corrected chi connectivity index (χ1v) is 5.72. The zero-order chi connectivity index (χ0) is 12.2. The third kappa shape index (κ3) is 2.35. The van der Waals surface area contributed by atoms with Gasteiger partial charge in [0.05, 0.1) is 0 Å². The van der Waals surface area contributed by atoms with Crippen LogP contribution in [0.3, 0.4) is 0 Å². The fourth-order valence-electron chi connectivity index (χ4n) is 1.33. The standard InChI is InChI=1S/C9H13N3O3S/c1-3-9(4-2,8(14)15)10-7(13)6-5-16-12-11-6/h5H,3-4H2,1-2H3,(H,10,13)(H,14,15). The van der Waals surface area contributed by atoms with Crippen molar-refractivity contribution in [1.82, 2.24) is 14.9 Å². The van der Waals surface area contributed by atoms with E-state index in [0.717, 1.165) is 11.5 Å². The van der Waals surface area contributed by atoms with E-state index in [1.807, 2.05) is 0 Å². The highest BCUT2D eigenvalue weighted by atomic mass is 32.1. The maximum atomic E-state index is 11.7. The van der Waals surface area contributed by atoms with E-state index in [4.69, 9.17) is 5.11 Å². The average Bonchev–Trinajstić information content (AvgIpc) is 2.78. The number of carboxylic acids is 1. The second-order valence-corrected chi connectivity index (χ2v) is 3.95. The topological polar surface area (TPSA) is 92.2 Å². The van der Waals surface area contributed by atoms with Gasteiger partial charge in [-0.3, -0.25) is 4.79 Å². The molecule has 7 heteroatoms. The predicted octanol–water partition coefficient (Wildman–Crippen LogP) is 0.911. The SMILES string of the molecule is CCC(CC)(NC(=O)c1csnn1)C(=O)O. The minimum absolute atomic E-state index is 0.150. The summed E-state index contributed by atoms with van der Waals surface area (Å²) in [4.78, 5) is 22.8. The van der Waals surface area contributed by atoms with Crippen LogP contribution in [0.25, 0.3) is 0 Å².